The van der Waals surface area contributed by atoms with Crippen LogP contribution in [0.25, 0.3) is 10.6 Å². The number of hydrogen-bond donors (Lipinski definition) is 1. The molecule has 3 rings (SSSR count). The smallest absolute Gasteiger partial charge is 0.132 e. The van der Waals surface area contributed by atoms with Crippen molar-refractivity contribution in [3.8, 4) is 10.6 Å². The monoisotopic (exact) mass is 259 g/mol. The van der Waals surface area contributed by atoms with Crippen LogP contribution in [0.15, 0.2) is 23.7 Å². The summed E-state index contributed by atoms with van der Waals surface area (Å²) in [6.45, 7) is 4.30. The topological polar surface area (TPSA) is 37.8 Å². The number of nitrogens with zero attached hydrogens (tertiary/aromatic N) is 2. The van der Waals surface area contributed by atoms with Crippen molar-refractivity contribution in [2.45, 2.75) is 25.7 Å². The van der Waals surface area contributed by atoms with Crippen LogP contribution in [-0.4, -0.2) is 23.1 Å². The highest BCUT2D eigenvalue weighted by Crippen LogP contribution is 2.29. The van der Waals surface area contributed by atoms with Crippen LogP contribution in [0.2, 0.25) is 0 Å². The van der Waals surface area contributed by atoms with Crippen LogP contribution in [0.3, 0.4) is 0 Å². The Bertz CT molecular complexity index is 529. The predicted octanol–water partition coefficient (Wildman–Crippen LogP) is 2.98. The van der Waals surface area contributed by atoms with Crippen LogP contribution in [0.5, 0.6) is 0 Å². The van der Waals surface area contributed by atoms with Gasteiger partial charge in [-0.2, -0.15) is 0 Å². The van der Waals surface area contributed by atoms with Crippen molar-refractivity contribution in [2.24, 2.45) is 0 Å². The van der Waals surface area contributed by atoms with Gasteiger partial charge >= 0.3 is 0 Å². The van der Waals surface area contributed by atoms with Gasteiger partial charge in [-0.3, -0.25) is 0 Å². The van der Waals surface area contributed by atoms with E-state index in [2.05, 4.69) is 28.7 Å². The standard InChI is InChI=1S/C14H17N3S/c1-10-5-9-18-13(10)12-4-8-16-14(17-12)11-2-6-15-7-3-11/h4-5,8-9,11,15H,2-3,6-7H2,1H3. The van der Waals surface area contributed by atoms with E-state index in [0.717, 1.165) is 37.4 Å². The number of aromatic nitrogens is 2. The number of aryl methyl sites for hydroxylation is 1. The largest absolute Gasteiger partial charge is 0.317 e. The minimum atomic E-state index is 0.520. The summed E-state index contributed by atoms with van der Waals surface area (Å²) in [5.41, 5.74) is 2.38. The fraction of sp³-hybridized carbons (Fsp3) is 0.429. The van der Waals surface area contributed by atoms with Gasteiger partial charge in [-0.25, -0.2) is 9.97 Å². The number of thiophene rings is 1. The van der Waals surface area contributed by atoms with E-state index >= 15 is 0 Å². The highest BCUT2D eigenvalue weighted by Gasteiger charge is 2.18. The van der Waals surface area contributed by atoms with Gasteiger partial charge < -0.3 is 5.32 Å². The lowest BCUT2D eigenvalue weighted by molar-refractivity contribution is 0.445. The second kappa shape index (κ2) is 5.16. The molecule has 1 saturated heterocycles. The number of hydrogen-bond acceptors (Lipinski definition) is 4. The summed E-state index contributed by atoms with van der Waals surface area (Å²) in [7, 11) is 0. The van der Waals surface area contributed by atoms with E-state index in [-0.39, 0.29) is 0 Å². The average Bonchev–Trinajstić information content (AvgIpc) is 2.86. The Morgan fingerprint density at radius 2 is 2.11 bits per heavy atom. The minimum Gasteiger partial charge on any atom is -0.317 e. The second-order valence-electron chi connectivity index (χ2n) is 4.76. The van der Waals surface area contributed by atoms with E-state index in [9.17, 15) is 0 Å². The average molecular weight is 259 g/mol. The van der Waals surface area contributed by atoms with Crippen LogP contribution in [-0.2, 0) is 0 Å². The highest BCUT2D eigenvalue weighted by atomic mass is 32.1. The molecule has 0 amide bonds. The molecular weight excluding hydrogens is 242 g/mol. The number of rotatable bonds is 2. The zero-order valence-corrected chi connectivity index (χ0v) is 11.3. The zero-order chi connectivity index (χ0) is 12.4. The van der Waals surface area contributed by atoms with Crippen LogP contribution < -0.4 is 5.32 Å². The van der Waals surface area contributed by atoms with Crippen molar-refractivity contribution in [3.05, 3.63) is 35.1 Å². The van der Waals surface area contributed by atoms with Crippen LogP contribution in [0, 0.1) is 6.92 Å². The molecule has 1 aliphatic rings. The lowest BCUT2D eigenvalue weighted by Crippen LogP contribution is -2.27. The molecule has 0 saturated carbocycles. The molecule has 0 unspecified atom stereocenters. The minimum absolute atomic E-state index is 0.520. The third-order valence-electron chi connectivity index (χ3n) is 3.47. The predicted molar refractivity (Wildman–Crippen MR) is 74.9 cm³/mol. The Kier molecular flexibility index (Phi) is 3.39. The Balaban J connectivity index is 1.91. The van der Waals surface area contributed by atoms with Gasteiger partial charge in [0.15, 0.2) is 0 Å². The van der Waals surface area contributed by atoms with Gasteiger partial charge in [0.1, 0.15) is 5.82 Å². The molecule has 3 nitrogen and oxygen atoms in total. The number of piperidine rings is 1. The van der Waals surface area contributed by atoms with Gasteiger partial charge in [-0.15, -0.1) is 11.3 Å². The van der Waals surface area contributed by atoms with E-state index in [1.54, 1.807) is 11.3 Å². The molecule has 3 heterocycles. The Morgan fingerprint density at radius 3 is 2.83 bits per heavy atom. The Labute approximate surface area is 111 Å². The van der Waals surface area contributed by atoms with Gasteiger partial charge in [0, 0.05) is 12.1 Å². The van der Waals surface area contributed by atoms with E-state index < -0.39 is 0 Å². The van der Waals surface area contributed by atoms with Gasteiger partial charge in [0.25, 0.3) is 0 Å². The second-order valence-corrected chi connectivity index (χ2v) is 5.67. The van der Waals surface area contributed by atoms with Crippen molar-refractivity contribution in [3.63, 3.8) is 0 Å². The zero-order valence-electron chi connectivity index (χ0n) is 10.5. The first kappa shape index (κ1) is 11.8. The van der Waals surface area contributed by atoms with E-state index in [0.29, 0.717) is 5.92 Å². The molecule has 0 atom stereocenters. The van der Waals surface area contributed by atoms with Crippen molar-refractivity contribution in [1.29, 1.82) is 0 Å². The molecule has 0 bridgehead atoms. The fourth-order valence-corrected chi connectivity index (χ4v) is 3.31. The molecule has 0 radical (unpaired) electrons. The van der Waals surface area contributed by atoms with Crippen molar-refractivity contribution in [1.82, 2.24) is 15.3 Å². The lowest BCUT2D eigenvalue weighted by atomic mass is 9.97. The Morgan fingerprint density at radius 1 is 1.28 bits per heavy atom. The molecule has 1 aliphatic heterocycles. The first-order chi connectivity index (χ1) is 8.84. The SMILES string of the molecule is Cc1ccsc1-c1ccnc(C2CCNCC2)n1. The molecule has 2 aromatic rings. The molecule has 1 fully saturated rings. The molecule has 0 aliphatic carbocycles. The van der Waals surface area contributed by atoms with Crippen molar-refractivity contribution >= 4 is 11.3 Å². The van der Waals surface area contributed by atoms with Gasteiger partial charge in [0.05, 0.1) is 10.6 Å². The first-order valence-corrected chi connectivity index (χ1v) is 7.30. The van der Waals surface area contributed by atoms with Crippen molar-refractivity contribution in [2.75, 3.05) is 13.1 Å². The fourth-order valence-electron chi connectivity index (χ4n) is 2.41. The van der Waals surface area contributed by atoms with E-state index in [1.807, 2.05) is 12.3 Å². The Hall–Kier alpha value is -1.26. The summed E-state index contributed by atoms with van der Waals surface area (Å²) < 4.78 is 0. The molecule has 1 N–H and O–H groups in total. The third-order valence-corrected chi connectivity index (χ3v) is 4.51. The third kappa shape index (κ3) is 2.31. The van der Waals surface area contributed by atoms with Gasteiger partial charge in [-0.05, 0) is 55.9 Å². The quantitative estimate of drug-likeness (QED) is 0.901. The summed E-state index contributed by atoms with van der Waals surface area (Å²) in [4.78, 5) is 10.5. The van der Waals surface area contributed by atoms with E-state index in [4.69, 9.17) is 4.98 Å². The summed E-state index contributed by atoms with van der Waals surface area (Å²) >= 11 is 1.76. The molecular formula is C14H17N3S. The van der Waals surface area contributed by atoms with Crippen LogP contribution in [0.4, 0.5) is 0 Å². The maximum Gasteiger partial charge on any atom is 0.132 e. The summed E-state index contributed by atoms with van der Waals surface area (Å²) in [6, 6.07) is 4.16. The first-order valence-electron chi connectivity index (χ1n) is 6.43. The summed E-state index contributed by atoms with van der Waals surface area (Å²) in [6.07, 6.45) is 4.19. The van der Waals surface area contributed by atoms with Gasteiger partial charge in [0.2, 0.25) is 0 Å². The van der Waals surface area contributed by atoms with Crippen LogP contribution in [0.1, 0.15) is 30.1 Å². The molecule has 0 spiro atoms. The lowest BCUT2D eigenvalue weighted by Gasteiger charge is -2.21. The normalized spacial score (nSPS) is 16.9. The molecule has 2 aromatic heterocycles. The van der Waals surface area contributed by atoms with E-state index in [1.165, 1.54) is 10.4 Å². The molecule has 94 valence electrons. The van der Waals surface area contributed by atoms with Gasteiger partial charge in [-0.1, -0.05) is 0 Å². The number of nitrogens with one attached hydrogen (secondary N) is 1. The maximum absolute atomic E-state index is 4.77. The molecule has 0 aromatic carbocycles. The highest BCUT2D eigenvalue weighted by molar-refractivity contribution is 7.13. The molecule has 4 heteroatoms. The maximum atomic E-state index is 4.77. The van der Waals surface area contributed by atoms with Crippen molar-refractivity contribution < 1.29 is 0 Å². The molecule has 18 heavy (non-hydrogen) atoms. The van der Waals surface area contributed by atoms with Crippen LogP contribution >= 0.6 is 11.3 Å². The summed E-state index contributed by atoms with van der Waals surface area (Å²) in [5, 5.41) is 5.50. The summed E-state index contributed by atoms with van der Waals surface area (Å²) in [5.74, 6) is 1.54.